The fourth-order valence-corrected chi connectivity index (χ4v) is 2.39. The van der Waals surface area contributed by atoms with E-state index in [2.05, 4.69) is 0 Å². The highest BCUT2D eigenvalue weighted by Crippen LogP contribution is 2.27. The Kier molecular flexibility index (Phi) is 4.34. The van der Waals surface area contributed by atoms with E-state index in [9.17, 15) is 14.9 Å². The summed E-state index contributed by atoms with van der Waals surface area (Å²) in [5, 5.41) is 10.5. The first-order valence-corrected chi connectivity index (χ1v) is 6.71. The SMILES string of the molecule is NC1(C(=O)OCc2ccc([N+](=O)[O-])cc2)CCCCC1. The van der Waals surface area contributed by atoms with E-state index >= 15 is 0 Å². The van der Waals surface area contributed by atoms with Crippen molar-refractivity contribution in [3.63, 3.8) is 0 Å². The van der Waals surface area contributed by atoms with E-state index in [1.54, 1.807) is 12.1 Å². The van der Waals surface area contributed by atoms with Gasteiger partial charge in [-0.05, 0) is 30.5 Å². The third kappa shape index (κ3) is 3.33. The molecule has 0 spiro atoms. The summed E-state index contributed by atoms with van der Waals surface area (Å²) in [6.07, 6.45) is 4.32. The maximum absolute atomic E-state index is 12.0. The van der Waals surface area contributed by atoms with Gasteiger partial charge in [0.1, 0.15) is 12.1 Å². The quantitative estimate of drug-likeness (QED) is 0.518. The molecule has 1 aliphatic carbocycles. The molecule has 0 bridgehead atoms. The minimum Gasteiger partial charge on any atom is -0.459 e. The van der Waals surface area contributed by atoms with Crippen LogP contribution in [0.4, 0.5) is 5.69 Å². The largest absolute Gasteiger partial charge is 0.459 e. The number of nitro groups is 1. The van der Waals surface area contributed by atoms with Gasteiger partial charge in [0.25, 0.3) is 5.69 Å². The number of esters is 1. The predicted octanol–water partition coefficient (Wildman–Crippen LogP) is 2.30. The number of hydrogen-bond acceptors (Lipinski definition) is 5. The first kappa shape index (κ1) is 14.5. The van der Waals surface area contributed by atoms with Crippen LogP contribution < -0.4 is 5.73 Å². The Hall–Kier alpha value is -1.95. The van der Waals surface area contributed by atoms with E-state index in [1.807, 2.05) is 0 Å². The first-order valence-electron chi connectivity index (χ1n) is 6.71. The van der Waals surface area contributed by atoms with Crippen LogP contribution in [0.3, 0.4) is 0 Å². The van der Waals surface area contributed by atoms with Gasteiger partial charge in [-0.3, -0.25) is 14.9 Å². The number of ether oxygens (including phenoxy) is 1. The molecule has 0 saturated heterocycles. The van der Waals surface area contributed by atoms with Crippen LogP contribution in [0, 0.1) is 10.1 Å². The van der Waals surface area contributed by atoms with E-state index in [0.717, 1.165) is 19.3 Å². The van der Waals surface area contributed by atoms with Gasteiger partial charge in [0.2, 0.25) is 0 Å². The summed E-state index contributed by atoms with van der Waals surface area (Å²) in [4.78, 5) is 22.1. The zero-order valence-corrected chi connectivity index (χ0v) is 11.2. The van der Waals surface area contributed by atoms with Crippen molar-refractivity contribution in [1.82, 2.24) is 0 Å². The molecular weight excluding hydrogens is 260 g/mol. The normalized spacial score (nSPS) is 17.4. The number of hydrogen-bond donors (Lipinski definition) is 1. The van der Waals surface area contributed by atoms with Crippen LogP contribution in [0.15, 0.2) is 24.3 Å². The summed E-state index contributed by atoms with van der Waals surface area (Å²) in [5.41, 5.74) is 5.93. The van der Waals surface area contributed by atoms with Crippen LogP contribution in [0.1, 0.15) is 37.7 Å². The van der Waals surface area contributed by atoms with Crippen LogP contribution in [0.2, 0.25) is 0 Å². The van der Waals surface area contributed by atoms with Gasteiger partial charge in [-0.25, -0.2) is 0 Å². The highest BCUT2D eigenvalue weighted by atomic mass is 16.6. The Morgan fingerprint density at radius 1 is 1.25 bits per heavy atom. The lowest BCUT2D eigenvalue weighted by atomic mass is 9.83. The second-order valence-electron chi connectivity index (χ2n) is 5.22. The van der Waals surface area contributed by atoms with Gasteiger partial charge in [0.05, 0.1) is 4.92 Å². The second-order valence-corrected chi connectivity index (χ2v) is 5.22. The highest BCUT2D eigenvalue weighted by molar-refractivity contribution is 5.80. The molecule has 2 N–H and O–H groups in total. The lowest BCUT2D eigenvalue weighted by Crippen LogP contribution is -2.50. The molecule has 1 saturated carbocycles. The zero-order valence-electron chi connectivity index (χ0n) is 11.2. The van der Waals surface area contributed by atoms with E-state index in [4.69, 9.17) is 10.5 Å². The number of nitrogens with two attached hydrogens (primary N) is 1. The Bertz CT molecular complexity index is 492. The molecule has 2 rings (SSSR count). The molecule has 6 heteroatoms. The van der Waals surface area contributed by atoms with E-state index in [0.29, 0.717) is 18.4 Å². The maximum Gasteiger partial charge on any atom is 0.326 e. The molecule has 0 radical (unpaired) electrons. The molecule has 0 heterocycles. The van der Waals surface area contributed by atoms with Crippen LogP contribution in [0.5, 0.6) is 0 Å². The summed E-state index contributed by atoms with van der Waals surface area (Å²) in [5.74, 6) is -0.379. The molecular formula is C14H18N2O4. The standard InChI is InChI=1S/C14H18N2O4/c15-14(8-2-1-3-9-14)13(17)20-10-11-4-6-12(7-5-11)16(18)19/h4-7H,1-3,8-10,15H2. The monoisotopic (exact) mass is 278 g/mol. The van der Waals surface area contributed by atoms with Crippen molar-refractivity contribution >= 4 is 11.7 Å². The van der Waals surface area contributed by atoms with Crippen molar-refractivity contribution in [2.45, 2.75) is 44.2 Å². The number of nitrogens with zero attached hydrogens (tertiary/aromatic N) is 1. The van der Waals surface area contributed by atoms with Crippen LogP contribution in [-0.4, -0.2) is 16.4 Å². The summed E-state index contributed by atoms with van der Waals surface area (Å²) < 4.78 is 5.24. The molecule has 1 aromatic rings. The van der Waals surface area contributed by atoms with Gasteiger partial charge >= 0.3 is 5.97 Å². The van der Waals surface area contributed by atoms with Crippen molar-refractivity contribution in [3.8, 4) is 0 Å². The molecule has 20 heavy (non-hydrogen) atoms. The fraction of sp³-hybridized carbons (Fsp3) is 0.500. The molecule has 0 atom stereocenters. The Labute approximate surface area is 117 Å². The number of carbonyl (C=O) groups excluding carboxylic acids is 1. The molecule has 0 unspecified atom stereocenters. The van der Waals surface area contributed by atoms with Crippen LogP contribution in [0.25, 0.3) is 0 Å². The molecule has 1 aliphatic rings. The Morgan fingerprint density at radius 2 is 1.85 bits per heavy atom. The van der Waals surface area contributed by atoms with Gasteiger partial charge in [0.15, 0.2) is 0 Å². The van der Waals surface area contributed by atoms with Crippen molar-refractivity contribution in [3.05, 3.63) is 39.9 Å². The second kappa shape index (κ2) is 6.00. The molecule has 0 aliphatic heterocycles. The first-order chi connectivity index (χ1) is 9.51. The minimum atomic E-state index is -0.862. The summed E-state index contributed by atoms with van der Waals surface area (Å²) in [7, 11) is 0. The van der Waals surface area contributed by atoms with Crippen LogP contribution in [-0.2, 0) is 16.1 Å². The van der Waals surface area contributed by atoms with E-state index in [1.165, 1.54) is 12.1 Å². The smallest absolute Gasteiger partial charge is 0.326 e. The van der Waals surface area contributed by atoms with Crippen molar-refractivity contribution in [2.24, 2.45) is 5.73 Å². The van der Waals surface area contributed by atoms with Gasteiger partial charge in [-0.15, -0.1) is 0 Å². The lowest BCUT2D eigenvalue weighted by Gasteiger charge is -2.30. The third-order valence-electron chi connectivity index (χ3n) is 3.67. The van der Waals surface area contributed by atoms with Gasteiger partial charge < -0.3 is 10.5 Å². The molecule has 108 valence electrons. The van der Waals surface area contributed by atoms with Gasteiger partial charge in [-0.1, -0.05) is 19.3 Å². The van der Waals surface area contributed by atoms with E-state index in [-0.39, 0.29) is 18.3 Å². The minimum absolute atomic E-state index is 0.0163. The molecule has 0 amide bonds. The van der Waals surface area contributed by atoms with Crippen molar-refractivity contribution in [2.75, 3.05) is 0 Å². The Balaban J connectivity index is 1.91. The maximum atomic E-state index is 12.0. The average molecular weight is 278 g/mol. The molecule has 1 aromatic carbocycles. The summed E-state index contributed by atoms with van der Waals surface area (Å²) in [6.45, 7) is 0.0930. The predicted molar refractivity (Wildman–Crippen MR) is 72.9 cm³/mol. The fourth-order valence-electron chi connectivity index (χ4n) is 2.39. The number of carbonyl (C=O) groups is 1. The summed E-state index contributed by atoms with van der Waals surface area (Å²) >= 11 is 0. The number of non-ortho nitro benzene ring substituents is 1. The number of rotatable bonds is 4. The van der Waals surface area contributed by atoms with Crippen molar-refractivity contribution in [1.29, 1.82) is 0 Å². The van der Waals surface area contributed by atoms with E-state index < -0.39 is 10.5 Å². The number of nitro benzene ring substituents is 1. The lowest BCUT2D eigenvalue weighted by molar-refractivity contribution is -0.384. The molecule has 6 nitrogen and oxygen atoms in total. The average Bonchev–Trinajstić information content (AvgIpc) is 2.46. The highest BCUT2D eigenvalue weighted by Gasteiger charge is 2.36. The molecule has 1 fully saturated rings. The zero-order chi connectivity index (χ0) is 14.6. The summed E-state index contributed by atoms with van der Waals surface area (Å²) in [6, 6.07) is 5.94. The topological polar surface area (TPSA) is 95.5 Å². The molecule has 0 aromatic heterocycles. The van der Waals surface area contributed by atoms with Crippen LogP contribution >= 0.6 is 0 Å². The Morgan fingerprint density at radius 3 is 2.40 bits per heavy atom. The van der Waals surface area contributed by atoms with Gasteiger partial charge in [0, 0.05) is 12.1 Å². The van der Waals surface area contributed by atoms with Crippen molar-refractivity contribution < 1.29 is 14.5 Å². The van der Waals surface area contributed by atoms with Gasteiger partial charge in [-0.2, -0.15) is 0 Å². The third-order valence-corrected chi connectivity index (χ3v) is 3.67. The number of benzene rings is 1.